The molecule has 4 aromatic rings. The minimum absolute atomic E-state index is 0.0254. The number of amides is 3. The van der Waals surface area contributed by atoms with Gasteiger partial charge in [0.05, 0.1) is 12.2 Å². The number of hydrogen-bond donors (Lipinski definition) is 9. The number of nitrogens with one attached hydrogen (secondary N) is 5. The molecule has 3 amide bonds. The van der Waals surface area contributed by atoms with Crippen LogP contribution >= 0.6 is 0 Å². The lowest BCUT2D eigenvalue weighted by Crippen LogP contribution is -2.61. The maximum atomic E-state index is 13.7. The minimum Gasteiger partial charge on any atom is -0.480 e. The second kappa shape index (κ2) is 13.5. The molecule has 2 heterocycles. The number of benzene rings is 2. The van der Waals surface area contributed by atoms with Crippen molar-refractivity contribution in [3.8, 4) is 0 Å². The molecule has 0 bridgehead atoms. The van der Waals surface area contributed by atoms with E-state index in [9.17, 15) is 34.5 Å². The molecule has 0 saturated heterocycles. The van der Waals surface area contributed by atoms with Crippen LogP contribution in [0.3, 0.4) is 0 Å². The Labute approximate surface area is 246 Å². The van der Waals surface area contributed by atoms with Crippen molar-refractivity contribution in [2.45, 2.75) is 63.1 Å². The van der Waals surface area contributed by atoms with E-state index < -0.39 is 60.1 Å². The molecule has 13 nitrogen and oxygen atoms in total. The number of fused-ring (bicyclic) bond motifs is 2. The third-order valence-electron chi connectivity index (χ3n) is 7.33. The molecule has 0 radical (unpaired) electrons. The van der Waals surface area contributed by atoms with Crippen LogP contribution in [-0.2, 0) is 32.0 Å². The fourth-order valence-corrected chi connectivity index (χ4v) is 4.86. The molecule has 4 rings (SSSR count). The molecule has 0 saturated carbocycles. The van der Waals surface area contributed by atoms with Crippen molar-refractivity contribution in [1.29, 1.82) is 0 Å². The quantitative estimate of drug-likeness (QED) is 0.103. The number of para-hydroxylation sites is 2. The SMILES string of the molecule is CC(O)C(N)C(=O)NC(C(=O)NC(Cc1c[nH]c2ccccc12)C(=O)NC(Cc1c[nH]c2ccccc12)C(=O)O)C(C)O. The van der Waals surface area contributed by atoms with Crippen LogP contribution in [0, 0.1) is 0 Å². The number of aliphatic carboxylic acids is 1. The molecular weight excluding hydrogens is 556 g/mol. The Hall–Kier alpha value is -4.72. The minimum atomic E-state index is -1.52. The van der Waals surface area contributed by atoms with E-state index in [2.05, 4.69) is 25.9 Å². The summed E-state index contributed by atoms with van der Waals surface area (Å²) in [4.78, 5) is 57.9. The second-order valence-corrected chi connectivity index (χ2v) is 10.6. The molecule has 2 aromatic carbocycles. The van der Waals surface area contributed by atoms with Crippen molar-refractivity contribution in [2.75, 3.05) is 0 Å². The summed E-state index contributed by atoms with van der Waals surface area (Å²) in [5, 5.41) is 39.0. The monoisotopic (exact) mass is 592 g/mol. The highest BCUT2D eigenvalue weighted by atomic mass is 16.4. The van der Waals surface area contributed by atoms with Gasteiger partial charge in [-0.3, -0.25) is 14.4 Å². The largest absolute Gasteiger partial charge is 0.480 e. The van der Waals surface area contributed by atoms with Gasteiger partial charge in [-0.15, -0.1) is 0 Å². The smallest absolute Gasteiger partial charge is 0.326 e. The summed E-state index contributed by atoms with van der Waals surface area (Å²) in [6.45, 7) is 2.58. The number of aromatic amines is 2. The van der Waals surface area contributed by atoms with Gasteiger partial charge < -0.3 is 47.0 Å². The molecule has 0 aliphatic rings. The lowest BCUT2D eigenvalue weighted by Gasteiger charge is -2.27. The zero-order chi connectivity index (χ0) is 31.3. The van der Waals surface area contributed by atoms with Gasteiger partial charge in [0.2, 0.25) is 17.7 Å². The van der Waals surface area contributed by atoms with Crippen molar-refractivity contribution in [2.24, 2.45) is 5.73 Å². The second-order valence-electron chi connectivity index (χ2n) is 10.6. The van der Waals surface area contributed by atoms with Crippen LogP contribution in [0.25, 0.3) is 21.8 Å². The molecule has 0 spiro atoms. The lowest BCUT2D eigenvalue weighted by atomic mass is 10.0. The molecule has 0 aliphatic carbocycles. The highest BCUT2D eigenvalue weighted by Crippen LogP contribution is 2.21. The number of aliphatic hydroxyl groups excluding tert-OH is 2. The fourth-order valence-electron chi connectivity index (χ4n) is 4.86. The van der Waals surface area contributed by atoms with Crippen molar-refractivity contribution in [1.82, 2.24) is 25.9 Å². The fraction of sp³-hybridized carbons (Fsp3) is 0.333. The molecule has 228 valence electrons. The summed E-state index contributed by atoms with van der Waals surface area (Å²) in [6, 6.07) is 9.21. The number of carboxylic acids is 1. The van der Waals surface area contributed by atoms with E-state index in [1.165, 1.54) is 13.8 Å². The number of nitrogens with two attached hydrogens (primary N) is 1. The molecule has 2 aromatic heterocycles. The predicted octanol–water partition coefficient (Wildman–Crippen LogP) is 0.0623. The molecule has 6 atom stereocenters. The lowest BCUT2D eigenvalue weighted by molar-refractivity contribution is -0.142. The molecule has 0 fully saturated rings. The number of carbonyl (C=O) groups excluding carboxylic acids is 3. The Morgan fingerprint density at radius 1 is 0.721 bits per heavy atom. The van der Waals surface area contributed by atoms with Crippen LogP contribution in [0.4, 0.5) is 0 Å². The third-order valence-corrected chi connectivity index (χ3v) is 7.33. The standard InChI is InChI=1S/C30H36N6O7/c1-15(37)25(31)28(40)36-26(16(2)38)29(41)34-23(11-17-13-32-21-9-5-3-7-19(17)21)27(39)35-24(30(42)43)12-18-14-33-22-10-6-4-8-20(18)22/h3-10,13-16,23-26,32-33,37-38H,11-12,31H2,1-2H3,(H,34,41)(H,35,39)(H,36,40)(H,42,43). The van der Waals surface area contributed by atoms with Gasteiger partial charge >= 0.3 is 5.97 Å². The topological polar surface area (TPSA) is 223 Å². The Kier molecular flexibility index (Phi) is 9.80. The Bertz CT molecular complexity index is 1610. The van der Waals surface area contributed by atoms with E-state index in [0.29, 0.717) is 11.1 Å². The molecule has 10 N–H and O–H groups in total. The van der Waals surface area contributed by atoms with Crippen LogP contribution in [0.2, 0.25) is 0 Å². The highest BCUT2D eigenvalue weighted by molar-refractivity contribution is 5.95. The van der Waals surface area contributed by atoms with Gasteiger partial charge in [0, 0.05) is 47.0 Å². The summed E-state index contributed by atoms with van der Waals surface area (Å²) in [7, 11) is 0. The molecule has 13 heteroatoms. The van der Waals surface area contributed by atoms with E-state index >= 15 is 0 Å². The zero-order valence-corrected chi connectivity index (χ0v) is 23.7. The number of hydrogen-bond acceptors (Lipinski definition) is 7. The first-order valence-corrected chi connectivity index (χ1v) is 13.8. The van der Waals surface area contributed by atoms with Gasteiger partial charge in [-0.05, 0) is 37.1 Å². The van der Waals surface area contributed by atoms with E-state index in [4.69, 9.17) is 5.73 Å². The average molecular weight is 593 g/mol. The Morgan fingerprint density at radius 2 is 1.21 bits per heavy atom. The van der Waals surface area contributed by atoms with Crippen molar-refractivity contribution < 1.29 is 34.5 Å². The number of carbonyl (C=O) groups is 4. The first-order chi connectivity index (χ1) is 20.5. The maximum absolute atomic E-state index is 13.7. The number of aliphatic hydroxyl groups is 2. The van der Waals surface area contributed by atoms with Crippen LogP contribution in [0.5, 0.6) is 0 Å². The molecular formula is C30H36N6O7. The number of rotatable bonds is 13. The molecule has 43 heavy (non-hydrogen) atoms. The van der Waals surface area contributed by atoms with Crippen LogP contribution in [-0.4, -0.2) is 85.4 Å². The van der Waals surface area contributed by atoms with Gasteiger partial charge in [-0.2, -0.15) is 0 Å². The highest BCUT2D eigenvalue weighted by Gasteiger charge is 2.33. The average Bonchev–Trinajstić information content (AvgIpc) is 3.58. The van der Waals surface area contributed by atoms with Crippen LogP contribution in [0.1, 0.15) is 25.0 Å². The first-order valence-electron chi connectivity index (χ1n) is 13.8. The number of H-pyrrole nitrogens is 2. The van der Waals surface area contributed by atoms with Gasteiger partial charge in [-0.1, -0.05) is 36.4 Å². The molecule has 0 aliphatic heterocycles. The van der Waals surface area contributed by atoms with Crippen molar-refractivity contribution in [3.05, 3.63) is 72.1 Å². The van der Waals surface area contributed by atoms with E-state index in [0.717, 1.165) is 21.8 Å². The summed E-state index contributed by atoms with van der Waals surface area (Å²) in [5.41, 5.74) is 8.65. The summed E-state index contributed by atoms with van der Waals surface area (Å²) in [5.74, 6) is -3.82. The summed E-state index contributed by atoms with van der Waals surface area (Å²) in [6.07, 6.45) is 0.703. The van der Waals surface area contributed by atoms with Crippen LogP contribution < -0.4 is 21.7 Å². The third kappa shape index (κ3) is 7.38. The van der Waals surface area contributed by atoms with E-state index in [-0.39, 0.29) is 12.8 Å². The Morgan fingerprint density at radius 3 is 1.70 bits per heavy atom. The summed E-state index contributed by atoms with van der Waals surface area (Å²) >= 11 is 0. The predicted molar refractivity (Wildman–Crippen MR) is 159 cm³/mol. The van der Waals surface area contributed by atoms with Gasteiger partial charge in [0.15, 0.2) is 0 Å². The normalized spacial score (nSPS) is 15.7. The van der Waals surface area contributed by atoms with Crippen molar-refractivity contribution >= 4 is 45.5 Å². The summed E-state index contributed by atoms with van der Waals surface area (Å²) < 4.78 is 0. The molecule has 6 unspecified atom stereocenters. The van der Waals surface area contributed by atoms with E-state index in [1.54, 1.807) is 12.4 Å². The number of aromatic nitrogens is 2. The Balaban J connectivity index is 1.59. The van der Waals surface area contributed by atoms with Gasteiger partial charge in [0.1, 0.15) is 24.2 Å². The maximum Gasteiger partial charge on any atom is 0.326 e. The number of carboxylic acid groups (broad SMARTS) is 1. The van der Waals surface area contributed by atoms with Gasteiger partial charge in [-0.25, -0.2) is 4.79 Å². The van der Waals surface area contributed by atoms with Gasteiger partial charge in [0.25, 0.3) is 0 Å². The van der Waals surface area contributed by atoms with E-state index in [1.807, 2.05) is 48.5 Å². The van der Waals surface area contributed by atoms with Crippen molar-refractivity contribution in [3.63, 3.8) is 0 Å². The zero-order valence-electron chi connectivity index (χ0n) is 23.7. The van der Waals surface area contributed by atoms with Crippen LogP contribution in [0.15, 0.2) is 60.9 Å². The first kappa shape index (κ1) is 31.2.